The first-order valence-electron chi connectivity index (χ1n) is 14.1. The van der Waals surface area contributed by atoms with Crippen LogP contribution in [0.15, 0.2) is 49.3 Å². The summed E-state index contributed by atoms with van der Waals surface area (Å²) in [6.07, 6.45) is 8.22. The zero-order valence-electron chi connectivity index (χ0n) is 22.9. The van der Waals surface area contributed by atoms with Gasteiger partial charge in [0.05, 0.1) is 29.9 Å². The van der Waals surface area contributed by atoms with Gasteiger partial charge in [-0.05, 0) is 56.4 Å². The number of hydrogen-bond donors (Lipinski definition) is 1. The van der Waals surface area contributed by atoms with Gasteiger partial charge in [0.2, 0.25) is 5.88 Å². The van der Waals surface area contributed by atoms with E-state index in [0.717, 1.165) is 39.9 Å². The van der Waals surface area contributed by atoms with Crippen molar-refractivity contribution >= 4 is 22.3 Å². The Morgan fingerprint density at radius 3 is 2.88 bits per heavy atom. The van der Waals surface area contributed by atoms with Crippen molar-refractivity contribution in [2.45, 2.75) is 51.5 Å². The van der Waals surface area contributed by atoms with E-state index >= 15 is 0 Å². The van der Waals surface area contributed by atoms with Crippen molar-refractivity contribution in [2.75, 3.05) is 19.7 Å². The monoisotopic (exact) mass is 557 g/mol. The number of ether oxygens (including phenoxy) is 1. The predicted octanol–water partition coefficient (Wildman–Crippen LogP) is 3.25. The summed E-state index contributed by atoms with van der Waals surface area (Å²) in [5, 5.41) is 10.1. The highest BCUT2D eigenvalue weighted by Gasteiger charge is 2.30. The Labute approximate surface area is 235 Å². The molecule has 1 amide bonds. The van der Waals surface area contributed by atoms with Crippen molar-refractivity contribution < 1.29 is 13.9 Å². The summed E-state index contributed by atoms with van der Waals surface area (Å²) in [6, 6.07) is 7.47. The van der Waals surface area contributed by atoms with E-state index < -0.39 is 6.17 Å². The number of nitrogens with two attached hydrogens (primary N) is 1. The second kappa shape index (κ2) is 10.3. The summed E-state index contributed by atoms with van der Waals surface area (Å²) >= 11 is 0. The Hall–Kier alpha value is -4.32. The van der Waals surface area contributed by atoms with Gasteiger partial charge < -0.3 is 19.9 Å². The topological polar surface area (TPSA) is 121 Å². The molecular formula is C29H32FN9O2. The van der Waals surface area contributed by atoms with Crippen molar-refractivity contribution in [2.24, 2.45) is 11.7 Å². The minimum absolute atomic E-state index is 0.0620. The lowest BCUT2D eigenvalue weighted by atomic mass is 10.0. The zero-order valence-corrected chi connectivity index (χ0v) is 22.9. The highest BCUT2D eigenvalue weighted by atomic mass is 19.1. The minimum atomic E-state index is -1.11. The second-order valence-electron chi connectivity index (χ2n) is 11.2. The Morgan fingerprint density at radius 1 is 1.22 bits per heavy atom. The molecular weight excluding hydrogens is 525 g/mol. The fourth-order valence-corrected chi connectivity index (χ4v) is 5.78. The summed E-state index contributed by atoms with van der Waals surface area (Å²) in [7, 11) is 0. The molecule has 2 N–H and O–H groups in total. The third-order valence-electron chi connectivity index (χ3n) is 8.02. The number of aromatic nitrogens is 7. The van der Waals surface area contributed by atoms with Crippen LogP contribution in [0.1, 0.15) is 35.2 Å². The maximum absolute atomic E-state index is 14.1. The largest absolute Gasteiger partial charge is 0.474 e. The summed E-state index contributed by atoms with van der Waals surface area (Å²) in [5.74, 6) is 0.945. The fraction of sp³-hybridized carbons (Fsp3) is 0.414. The van der Waals surface area contributed by atoms with Gasteiger partial charge >= 0.3 is 0 Å². The van der Waals surface area contributed by atoms with Crippen LogP contribution in [-0.4, -0.2) is 76.6 Å². The summed E-state index contributed by atoms with van der Waals surface area (Å²) < 4.78 is 26.0. The van der Waals surface area contributed by atoms with Gasteiger partial charge in [-0.15, -0.1) is 0 Å². The Balaban J connectivity index is 1.24. The minimum Gasteiger partial charge on any atom is -0.474 e. The Bertz CT molecular complexity index is 1710. The number of rotatable bonds is 8. The quantitative estimate of drug-likeness (QED) is 0.311. The summed E-state index contributed by atoms with van der Waals surface area (Å²) in [6.45, 7) is 4.28. The molecule has 1 saturated heterocycles. The van der Waals surface area contributed by atoms with E-state index in [-0.39, 0.29) is 24.9 Å². The maximum Gasteiger partial charge on any atom is 0.255 e. The van der Waals surface area contributed by atoms with Crippen LogP contribution < -0.4 is 10.5 Å². The second-order valence-corrected chi connectivity index (χ2v) is 11.2. The van der Waals surface area contributed by atoms with E-state index in [0.29, 0.717) is 37.1 Å². The molecule has 0 radical (unpaired) electrons. The number of carbonyl (C=O) groups excluding carboxylic acids is 1. The molecule has 1 aliphatic heterocycles. The van der Waals surface area contributed by atoms with Gasteiger partial charge in [0.15, 0.2) is 0 Å². The number of piperidine rings is 1. The number of hydrogen-bond acceptors (Lipinski definition) is 7. The van der Waals surface area contributed by atoms with Gasteiger partial charge in [-0.25, -0.2) is 23.6 Å². The number of nitrogens with zero attached hydrogens (tertiary/aromatic N) is 8. The van der Waals surface area contributed by atoms with Crippen LogP contribution in [0.4, 0.5) is 4.39 Å². The van der Waals surface area contributed by atoms with Crippen molar-refractivity contribution in [1.82, 2.24) is 38.8 Å². The van der Waals surface area contributed by atoms with Gasteiger partial charge in [0, 0.05) is 42.5 Å². The number of alkyl halides is 1. The van der Waals surface area contributed by atoms with Crippen LogP contribution in [0.3, 0.4) is 0 Å². The molecule has 6 heterocycles. The predicted molar refractivity (Wildman–Crippen MR) is 150 cm³/mol. The number of aryl methyl sites for hydroxylation is 1. The van der Waals surface area contributed by atoms with Gasteiger partial charge in [0.25, 0.3) is 5.91 Å². The first-order valence-corrected chi connectivity index (χ1v) is 14.1. The van der Waals surface area contributed by atoms with Crippen LogP contribution >= 0.6 is 0 Å². The third kappa shape index (κ3) is 4.92. The first-order chi connectivity index (χ1) is 19.9. The van der Waals surface area contributed by atoms with E-state index in [2.05, 4.69) is 25.7 Å². The standard InChI is InChI=1S/C29H32FN9O2/c1-18-24-5-4-21(29(40)36-14-22(30)11-23(31)15-36)13-39(24)35-26(18)25-10-20-6-7-33-28(27(20)38(25)12-19-2-3-19)41-9-8-37-17-32-16-34-37/h4-7,10,13,16-17,19,22-23H,2-3,8-9,11-12,14-15,31H2,1H3/t22-,23-/m1/s1. The van der Waals surface area contributed by atoms with Gasteiger partial charge in [-0.1, -0.05) is 0 Å². The molecule has 2 atom stereocenters. The highest BCUT2D eigenvalue weighted by Crippen LogP contribution is 2.39. The smallest absolute Gasteiger partial charge is 0.255 e. The highest BCUT2D eigenvalue weighted by molar-refractivity contribution is 5.95. The summed E-state index contributed by atoms with van der Waals surface area (Å²) in [5.41, 5.74) is 11.1. The third-order valence-corrected chi connectivity index (χ3v) is 8.02. The van der Waals surface area contributed by atoms with Crippen LogP contribution in [0, 0.1) is 12.8 Å². The fourth-order valence-electron chi connectivity index (χ4n) is 5.78. The van der Waals surface area contributed by atoms with Gasteiger partial charge in [-0.2, -0.15) is 10.2 Å². The van der Waals surface area contributed by atoms with E-state index in [1.807, 2.05) is 19.1 Å². The van der Waals surface area contributed by atoms with Gasteiger partial charge in [0.1, 0.15) is 36.6 Å². The van der Waals surface area contributed by atoms with Crippen molar-refractivity contribution in [3.63, 3.8) is 0 Å². The van der Waals surface area contributed by atoms with Crippen LogP contribution in [0.25, 0.3) is 27.8 Å². The van der Waals surface area contributed by atoms with Gasteiger partial charge in [-0.3, -0.25) is 4.79 Å². The van der Waals surface area contributed by atoms with E-state index in [1.54, 1.807) is 34.0 Å². The zero-order chi connectivity index (χ0) is 28.1. The number of carbonyl (C=O) groups is 1. The molecule has 11 nitrogen and oxygen atoms in total. The molecule has 12 heteroatoms. The molecule has 0 bridgehead atoms. The molecule has 0 aromatic carbocycles. The number of pyridine rings is 2. The molecule has 1 saturated carbocycles. The number of halogens is 1. The van der Waals surface area contributed by atoms with Crippen molar-refractivity contribution in [3.05, 3.63) is 60.4 Å². The molecule has 0 spiro atoms. The number of amides is 1. The lowest BCUT2D eigenvalue weighted by Crippen LogP contribution is -2.50. The average molecular weight is 558 g/mol. The molecule has 2 aliphatic rings. The van der Waals surface area contributed by atoms with Crippen molar-refractivity contribution in [1.29, 1.82) is 0 Å². The van der Waals surface area contributed by atoms with Crippen LogP contribution in [0.2, 0.25) is 0 Å². The van der Waals surface area contributed by atoms with E-state index in [1.165, 1.54) is 24.1 Å². The maximum atomic E-state index is 14.1. The Morgan fingerprint density at radius 2 is 2.10 bits per heavy atom. The first kappa shape index (κ1) is 25.6. The van der Waals surface area contributed by atoms with E-state index in [9.17, 15) is 9.18 Å². The average Bonchev–Trinajstić information content (AvgIpc) is 3.33. The lowest BCUT2D eigenvalue weighted by Gasteiger charge is -2.32. The SMILES string of the molecule is Cc1c(-c2cc3ccnc(OCCn4cncn4)c3n2CC2CC2)nn2cc(C(=O)N3C[C@H](N)C[C@@H](F)C3)ccc12. The van der Waals surface area contributed by atoms with E-state index in [4.69, 9.17) is 15.6 Å². The Kier molecular flexibility index (Phi) is 6.41. The number of likely N-dealkylation sites (tertiary alicyclic amines) is 1. The molecule has 7 rings (SSSR count). The van der Waals surface area contributed by atoms with Crippen LogP contribution in [0.5, 0.6) is 5.88 Å². The molecule has 212 valence electrons. The lowest BCUT2D eigenvalue weighted by molar-refractivity contribution is 0.0606. The molecule has 5 aromatic heterocycles. The molecule has 0 unspecified atom stereocenters. The molecule has 1 aliphatic carbocycles. The number of fused-ring (bicyclic) bond motifs is 2. The van der Waals surface area contributed by atoms with Crippen molar-refractivity contribution in [3.8, 4) is 17.3 Å². The van der Waals surface area contributed by atoms with Crippen LogP contribution in [-0.2, 0) is 13.1 Å². The molecule has 5 aromatic rings. The molecule has 41 heavy (non-hydrogen) atoms. The molecule has 2 fully saturated rings. The normalized spacial score (nSPS) is 19.3. The summed E-state index contributed by atoms with van der Waals surface area (Å²) in [4.78, 5) is 23.3.